The summed E-state index contributed by atoms with van der Waals surface area (Å²) in [6.07, 6.45) is 1.72. The molecule has 0 saturated carbocycles. The van der Waals surface area contributed by atoms with Gasteiger partial charge in [0.2, 0.25) is 0 Å². The highest BCUT2D eigenvalue weighted by Crippen LogP contribution is 2.21. The maximum Gasteiger partial charge on any atom is 0.279 e. The van der Waals surface area contributed by atoms with Crippen molar-refractivity contribution in [2.45, 2.75) is 20.1 Å². The molecule has 0 aliphatic carbocycles. The van der Waals surface area contributed by atoms with Gasteiger partial charge < -0.3 is 14.6 Å². The van der Waals surface area contributed by atoms with Gasteiger partial charge in [0, 0.05) is 17.3 Å². The van der Waals surface area contributed by atoms with Crippen molar-refractivity contribution in [3.63, 3.8) is 0 Å². The SMILES string of the molecule is Cc1onc(C(=O)Nc2ccn(Cc3ccc(F)cc3)n2)c1COc1cccc(Cl)c1. The van der Waals surface area contributed by atoms with Gasteiger partial charge >= 0.3 is 0 Å². The fraction of sp³-hybridized carbons (Fsp3) is 0.136. The highest BCUT2D eigenvalue weighted by atomic mass is 35.5. The molecular weight excluding hydrogens is 423 g/mol. The number of rotatable bonds is 7. The lowest BCUT2D eigenvalue weighted by atomic mass is 10.2. The fourth-order valence-corrected chi connectivity index (χ4v) is 3.10. The van der Waals surface area contributed by atoms with Gasteiger partial charge in [-0.3, -0.25) is 9.48 Å². The monoisotopic (exact) mass is 440 g/mol. The molecule has 0 aliphatic rings. The Labute approximate surface area is 182 Å². The van der Waals surface area contributed by atoms with Crippen molar-refractivity contribution in [2.24, 2.45) is 0 Å². The van der Waals surface area contributed by atoms with E-state index in [1.807, 2.05) is 0 Å². The molecule has 2 heterocycles. The van der Waals surface area contributed by atoms with E-state index in [0.717, 1.165) is 5.56 Å². The van der Waals surface area contributed by atoms with E-state index >= 15 is 0 Å². The van der Waals surface area contributed by atoms with Crippen LogP contribution in [-0.2, 0) is 13.2 Å². The van der Waals surface area contributed by atoms with Crippen molar-refractivity contribution in [1.29, 1.82) is 0 Å². The first-order chi connectivity index (χ1) is 15.0. The van der Waals surface area contributed by atoms with Crippen LogP contribution < -0.4 is 10.1 Å². The van der Waals surface area contributed by atoms with Gasteiger partial charge in [-0.1, -0.05) is 35.0 Å². The third-order valence-corrected chi connectivity index (χ3v) is 4.75. The summed E-state index contributed by atoms with van der Waals surface area (Å²) in [7, 11) is 0. The number of nitrogens with zero attached hydrogens (tertiary/aromatic N) is 3. The minimum Gasteiger partial charge on any atom is -0.489 e. The number of aryl methyl sites for hydroxylation is 1. The third kappa shape index (κ3) is 5.10. The Bertz CT molecular complexity index is 1200. The molecule has 31 heavy (non-hydrogen) atoms. The fourth-order valence-electron chi connectivity index (χ4n) is 2.92. The van der Waals surface area contributed by atoms with Crippen LogP contribution in [0.3, 0.4) is 0 Å². The minimum absolute atomic E-state index is 0.0947. The number of nitrogens with one attached hydrogen (secondary N) is 1. The summed E-state index contributed by atoms with van der Waals surface area (Å²) in [5, 5.41) is 11.4. The summed E-state index contributed by atoms with van der Waals surface area (Å²) in [5.74, 6) is 0.645. The number of hydrogen-bond acceptors (Lipinski definition) is 5. The smallest absolute Gasteiger partial charge is 0.279 e. The average Bonchev–Trinajstić information content (AvgIpc) is 3.34. The third-order valence-electron chi connectivity index (χ3n) is 4.52. The van der Waals surface area contributed by atoms with E-state index in [1.165, 1.54) is 12.1 Å². The average molecular weight is 441 g/mol. The van der Waals surface area contributed by atoms with Crippen LogP contribution in [0.1, 0.15) is 27.4 Å². The van der Waals surface area contributed by atoms with Crippen LogP contribution in [-0.4, -0.2) is 20.8 Å². The molecule has 0 bridgehead atoms. The van der Waals surface area contributed by atoms with Gasteiger partial charge in [-0.2, -0.15) is 5.10 Å². The number of hydrogen-bond donors (Lipinski definition) is 1. The Morgan fingerprint density at radius 1 is 1.23 bits per heavy atom. The van der Waals surface area contributed by atoms with E-state index in [2.05, 4.69) is 15.6 Å². The Hall–Kier alpha value is -3.65. The largest absolute Gasteiger partial charge is 0.489 e. The molecule has 1 N–H and O–H groups in total. The summed E-state index contributed by atoms with van der Waals surface area (Å²) in [6.45, 7) is 2.24. The zero-order valence-corrected chi connectivity index (χ0v) is 17.3. The van der Waals surface area contributed by atoms with Gasteiger partial charge in [0.15, 0.2) is 11.5 Å². The summed E-state index contributed by atoms with van der Waals surface area (Å²) >= 11 is 5.97. The molecule has 0 unspecified atom stereocenters. The molecule has 2 aromatic heterocycles. The van der Waals surface area contributed by atoms with E-state index in [0.29, 0.717) is 34.5 Å². The van der Waals surface area contributed by atoms with E-state index in [9.17, 15) is 9.18 Å². The number of benzene rings is 2. The summed E-state index contributed by atoms with van der Waals surface area (Å²) in [5.41, 5.74) is 1.53. The molecule has 0 radical (unpaired) electrons. The Morgan fingerprint density at radius 2 is 2.03 bits per heavy atom. The van der Waals surface area contributed by atoms with Crippen molar-refractivity contribution in [3.8, 4) is 5.75 Å². The Kier molecular flexibility index (Phi) is 5.99. The van der Waals surface area contributed by atoms with Crippen molar-refractivity contribution < 1.29 is 18.4 Å². The molecular formula is C22H18ClFN4O3. The normalized spacial score (nSPS) is 10.8. The Balaban J connectivity index is 1.42. The first kappa shape index (κ1) is 20.6. The van der Waals surface area contributed by atoms with Crippen LogP contribution in [0.4, 0.5) is 10.2 Å². The molecule has 9 heteroatoms. The van der Waals surface area contributed by atoms with Gasteiger partial charge in [-0.25, -0.2) is 4.39 Å². The lowest BCUT2D eigenvalue weighted by molar-refractivity contribution is 0.101. The number of carbonyl (C=O) groups is 1. The van der Waals surface area contributed by atoms with Crippen molar-refractivity contribution in [1.82, 2.24) is 14.9 Å². The molecule has 1 amide bonds. The van der Waals surface area contributed by atoms with Gasteiger partial charge in [-0.05, 0) is 42.8 Å². The highest BCUT2D eigenvalue weighted by Gasteiger charge is 2.21. The predicted molar refractivity (Wildman–Crippen MR) is 113 cm³/mol. The van der Waals surface area contributed by atoms with Crippen LogP contribution in [0.15, 0.2) is 65.3 Å². The predicted octanol–water partition coefficient (Wildman–Crippen LogP) is 4.85. The molecule has 7 nitrogen and oxygen atoms in total. The first-order valence-corrected chi connectivity index (χ1v) is 9.78. The lowest BCUT2D eigenvalue weighted by Gasteiger charge is -2.07. The molecule has 2 aromatic carbocycles. The second-order valence-corrected chi connectivity index (χ2v) is 7.23. The summed E-state index contributed by atoms with van der Waals surface area (Å²) in [4.78, 5) is 12.7. The maximum atomic E-state index is 13.0. The minimum atomic E-state index is -0.464. The van der Waals surface area contributed by atoms with E-state index < -0.39 is 5.91 Å². The van der Waals surface area contributed by atoms with Crippen LogP contribution in [0.5, 0.6) is 5.75 Å². The number of ether oxygens (including phenoxy) is 1. The highest BCUT2D eigenvalue weighted by molar-refractivity contribution is 6.30. The Morgan fingerprint density at radius 3 is 2.81 bits per heavy atom. The number of amides is 1. The standard InChI is InChI=1S/C22H18ClFN4O3/c1-14-19(13-30-18-4-2-3-16(23)11-18)21(27-31-14)22(29)25-20-9-10-28(26-20)12-15-5-7-17(24)8-6-15/h2-11H,12-13H2,1H3,(H,25,26,29). The van der Waals surface area contributed by atoms with E-state index in [-0.39, 0.29) is 18.1 Å². The quantitative estimate of drug-likeness (QED) is 0.444. The summed E-state index contributed by atoms with van der Waals surface area (Å²) < 4.78 is 25.6. The van der Waals surface area contributed by atoms with Crippen molar-refractivity contribution in [2.75, 3.05) is 5.32 Å². The van der Waals surface area contributed by atoms with Crippen molar-refractivity contribution >= 4 is 23.3 Å². The van der Waals surface area contributed by atoms with Crippen molar-refractivity contribution in [3.05, 3.63) is 94.2 Å². The lowest BCUT2D eigenvalue weighted by Crippen LogP contribution is -2.16. The molecule has 0 saturated heterocycles. The second-order valence-electron chi connectivity index (χ2n) is 6.79. The second kappa shape index (κ2) is 9.01. The maximum absolute atomic E-state index is 13.0. The van der Waals surface area contributed by atoms with Crippen LogP contribution >= 0.6 is 11.6 Å². The first-order valence-electron chi connectivity index (χ1n) is 9.41. The van der Waals surface area contributed by atoms with Gasteiger partial charge in [-0.15, -0.1) is 0 Å². The molecule has 4 aromatic rings. The number of anilines is 1. The molecule has 0 atom stereocenters. The van der Waals surface area contributed by atoms with Crippen LogP contribution in [0.25, 0.3) is 0 Å². The molecule has 0 fully saturated rings. The zero-order valence-electron chi connectivity index (χ0n) is 16.5. The topological polar surface area (TPSA) is 82.2 Å². The van der Waals surface area contributed by atoms with Gasteiger partial charge in [0.1, 0.15) is 23.9 Å². The zero-order chi connectivity index (χ0) is 21.8. The van der Waals surface area contributed by atoms with E-state index in [1.54, 1.807) is 60.3 Å². The van der Waals surface area contributed by atoms with Gasteiger partial charge in [0.05, 0.1) is 12.1 Å². The van der Waals surface area contributed by atoms with Crippen LogP contribution in [0, 0.1) is 12.7 Å². The number of halogens is 2. The number of aromatic nitrogens is 3. The molecule has 158 valence electrons. The van der Waals surface area contributed by atoms with Crippen LogP contribution in [0.2, 0.25) is 5.02 Å². The van der Waals surface area contributed by atoms with Gasteiger partial charge in [0.25, 0.3) is 5.91 Å². The number of carbonyl (C=O) groups excluding carboxylic acids is 1. The summed E-state index contributed by atoms with van der Waals surface area (Å²) in [6, 6.07) is 14.8. The molecule has 0 aliphatic heterocycles. The molecule has 0 spiro atoms. The van der Waals surface area contributed by atoms with E-state index in [4.69, 9.17) is 20.9 Å². The molecule has 4 rings (SSSR count).